The summed E-state index contributed by atoms with van der Waals surface area (Å²) in [5.41, 5.74) is 15.1. The molecule has 10 heteroatoms. The number of rotatable bonds is 15. The van der Waals surface area contributed by atoms with E-state index in [4.69, 9.17) is 10.2 Å². The van der Waals surface area contributed by atoms with Crippen LogP contribution in [-0.2, 0) is 33.8 Å². The molecule has 404 valence electrons. The van der Waals surface area contributed by atoms with Crippen LogP contribution in [-0.4, -0.2) is 67.1 Å². The van der Waals surface area contributed by atoms with Gasteiger partial charge in [0.05, 0.1) is 17.2 Å². The van der Waals surface area contributed by atoms with Gasteiger partial charge in [-0.2, -0.15) is 0 Å². The molecule has 0 heterocycles. The third-order valence-electron chi connectivity index (χ3n) is 15.6. The SMILES string of the molecule is CN(C)c1ccc(CCNc2cc(C(O)C#Cc3ccc(C(=O)O)cc3)cc3c2C(C)(C)CCC3(C)C)cc1.CN(C)c1ccc(CSc2cc(C(O)C=Cc3ccc(C(=O)O)cc3)cc3c2C(C)(C)CCC3(C)C)cc1. The minimum Gasteiger partial charge on any atom is -0.478 e. The summed E-state index contributed by atoms with van der Waals surface area (Å²) >= 11 is 1.85. The number of anilines is 3. The first-order valence-corrected chi connectivity index (χ1v) is 27.7. The summed E-state index contributed by atoms with van der Waals surface area (Å²) in [6.07, 6.45) is 7.21. The number of nitrogens with zero attached hydrogens (tertiary/aromatic N) is 2. The summed E-state index contributed by atoms with van der Waals surface area (Å²) < 4.78 is 0. The second-order valence-corrected chi connectivity index (χ2v) is 24.9. The highest BCUT2D eigenvalue weighted by Crippen LogP contribution is 2.52. The van der Waals surface area contributed by atoms with E-state index < -0.39 is 24.1 Å². The lowest BCUT2D eigenvalue weighted by Gasteiger charge is -2.43. The summed E-state index contributed by atoms with van der Waals surface area (Å²) in [7, 11) is 8.19. The zero-order chi connectivity index (χ0) is 56.0. The smallest absolute Gasteiger partial charge is 0.335 e. The molecule has 2 atom stereocenters. The van der Waals surface area contributed by atoms with Crippen molar-refractivity contribution in [1.29, 1.82) is 0 Å². The number of benzene rings is 6. The van der Waals surface area contributed by atoms with Gasteiger partial charge in [0.1, 0.15) is 6.10 Å². The van der Waals surface area contributed by atoms with Gasteiger partial charge in [-0.1, -0.05) is 128 Å². The highest BCUT2D eigenvalue weighted by atomic mass is 32.2. The van der Waals surface area contributed by atoms with E-state index in [2.05, 4.69) is 169 Å². The van der Waals surface area contributed by atoms with Gasteiger partial charge in [-0.25, -0.2) is 9.59 Å². The minimum atomic E-state index is -0.972. The Morgan fingerprint density at radius 1 is 0.610 bits per heavy atom. The van der Waals surface area contributed by atoms with Crippen molar-refractivity contribution in [1.82, 2.24) is 0 Å². The molecule has 2 aliphatic carbocycles. The number of hydrogen-bond donors (Lipinski definition) is 5. The molecule has 9 nitrogen and oxygen atoms in total. The van der Waals surface area contributed by atoms with Gasteiger partial charge in [-0.3, -0.25) is 0 Å². The highest BCUT2D eigenvalue weighted by molar-refractivity contribution is 7.98. The first-order chi connectivity index (χ1) is 36.2. The summed E-state index contributed by atoms with van der Waals surface area (Å²) in [5.74, 6) is 4.92. The standard InChI is InChI=1S/C34H40N2O3.C33H39NO3S/c1-33(2)18-19-34(3,4)31-28(33)21-26(30(37)16-11-23-7-12-25(13-8-23)32(38)39)22-29(31)35-20-17-24-9-14-27(15-10-24)36(5)6;1-32(2)17-18-33(3,4)30-27(32)19-25(28(35)16-11-22-7-12-24(13-8-22)31(36)37)20-29(30)38-21-23-9-14-26(15-10-23)34(5)6/h7-10,12-15,21-22,30,35,37H,17-20H2,1-6H3,(H,38,39);7-16,19-20,28,35H,17-18,21H2,1-6H3,(H,36,37). The zero-order valence-corrected chi connectivity index (χ0v) is 48.0. The molecular weight excluding hydrogens is 975 g/mol. The molecular formula is C67H79N3O6S. The molecule has 5 N–H and O–H groups in total. The Bertz CT molecular complexity index is 3140. The van der Waals surface area contributed by atoms with E-state index in [0.717, 1.165) is 66.8 Å². The summed E-state index contributed by atoms with van der Waals surface area (Å²) in [6.45, 7) is 19.3. The number of aliphatic hydroxyl groups excluding tert-OH is 2. The van der Waals surface area contributed by atoms with Crippen LogP contribution in [0.1, 0.15) is 170 Å². The van der Waals surface area contributed by atoms with Gasteiger partial charge in [0, 0.05) is 68.0 Å². The van der Waals surface area contributed by atoms with Crippen molar-refractivity contribution in [3.8, 4) is 11.8 Å². The molecule has 6 aromatic carbocycles. The quantitative estimate of drug-likeness (QED) is 0.0500. The third kappa shape index (κ3) is 14.2. The maximum absolute atomic E-state index is 11.2. The number of carboxylic acids is 2. The van der Waals surface area contributed by atoms with Crippen LogP contribution in [0.3, 0.4) is 0 Å². The van der Waals surface area contributed by atoms with Gasteiger partial charge in [-0.05, 0) is 177 Å². The Balaban J connectivity index is 0.000000224. The lowest BCUT2D eigenvalue weighted by atomic mass is 9.62. The number of fused-ring (bicyclic) bond motifs is 2. The molecule has 0 radical (unpaired) electrons. The predicted octanol–water partition coefficient (Wildman–Crippen LogP) is 14.4. The van der Waals surface area contributed by atoms with E-state index in [-0.39, 0.29) is 32.8 Å². The van der Waals surface area contributed by atoms with E-state index in [1.807, 2.05) is 31.9 Å². The van der Waals surface area contributed by atoms with Crippen molar-refractivity contribution in [3.05, 3.63) is 194 Å². The topological polar surface area (TPSA) is 134 Å². The van der Waals surface area contributed by atoms with Crippen LogP contribution in [0, 0.1) is 11.8 Å². The maximum Gasteiger partial charge on any atom is 0.335 e. The first-order valence-electron chi connectivity index (χ1n) is 26.7. The van der Waals surface area contributed by atoms with Crippen LogP contribution < -0.4 is 15.1 Å². The molecule has 0 saturated carbocycles. The van der Waals surface area contributed by atoms with Crippen molar-refractivity contribution in [2.45, 2.75) is 132 Å². The normalized spacial score (nSPS) is 16.3. The number of nitrogens with one attached hydrogen (secondary N) is 1. The Morgan fingerprint density at radius 3 is 1.62 bits per heavy atom. The molecule has 0 aromatic heterocycles. The third-order valence-corrected chi connectivity index (χ3v) is 16.8. The predicted molar refractivity (Wildman–Crippen MR) is 319 cm³/mol. The van der Waals surface area contributed by atoms with Crippen LogP contribution in [0.2, 0.25) is 0 Å². The van der Waals surface area contributed by atoms with Gasteiger partial charge in [0.25, 0.3) is 0 Å². The Kier molecular flexibility index (Phi) is 17.9. The number of carbonyl (C=O) groups is 2. The van der Waals surface area contributed by atoms with Gasteiger partial charge in [0.15, 0.2) is 0 Å². The van der Waals surface area contributed by atoms with Crippen LogP contribution in [0.4, 0.5) is 17.1 Å². The minimum absolute atomic E-state index is 0.0148. The van der Waals surface area contributed by atoms with Gasteiger partial charge in [-0.15, -0.1) is 11.8 Å². The molecule has 0 aliphatic heterocycles. The molecule has 0 saturated heterocycles. The van der Waals surface area contributed by atoms with Crippen LogP contribution in [0.25, 0.3) is 6.08 Å². The molecule has 77 heavy (non-hydrogen) atoms. The fourth-order valence-electron chi connectivity index (χ4n) is 10.5. The molecule has 2 aliphatic rings. The first kappa shape index (κ1) is 57.9. The van der Waals surface area contributed by atoms with E-state index in [0.29, 0.717) is 5.56 Å². The number of aliphatic hydroxyl groups is 2. The summed E-state index contributed by atoms with van der Waals surface area (Å²) in [5, 5.41) is 44.3. The van der Waals surface area contributed by atoms with Crippen molar-refractivity contribution < 1.29 is 30.0 Å². The lowest BCUT2D eigenvalue weighted by Crippen LogP contribution is -2.35. The van der Waals surface area contributed by atoms with Crippen molar-refractivity contribution in [3.63, 3.8) is 0 Å². The van der Waals surface area contributed by atoms with Crippen LogP contribution in [0.15, 0.2) is 132 Å². The van der Waals surface area contributed by atoms with Gasteiger partial charge in [0.2, 0.25) is 0 Å². The molecule has 8 rings (SSSR count). The average molecular weight is 1050 g/mol. The number of carboxylic acid groups (broad SMARTS) is 2. The number of aromatic carboxylic acids is 2. The van der Waals surface area contributed by atoms with Gasteiger partial charge >= 0.3 is 11.9 Å². The summed E-state index contributed by atoms with van der Waals surface area (Å²) in [4.78, 5) is 27.7. The second kappa shape index (κ2) is 23.9. The van der Waals surface area contributed by atoms with E-state index >= 15 is 0 Å². The molecule has 0 spiro atoms. The van der Waals surface area contributed by atoms with Crippen molar-refractivity contribution in [2.75, 3.05) is 49.9 Å². The number of hydrogen-bond acceptors (Lipinski definition) is 8. The Morgan fingerprint density at radius 2 is 1.09 bits per heavy atom. The molecule has 0 bridgehead atoms. The molecule has 0 amide bonds. The zero-order valence-electron chi connectivity index (χ0n) is 47.2. The maximum atomic E-state index is 11.2. The Labute approximate surface area is 462 Å². The molecule has 6 aromatic rings. The monoisotopic (exact) mass is 1050 g/mol. The largest absolute Gasteiger partial charge is 0.478 e. The number of thioether (sulfide) groups is 1. The second-order valence-electron chi connectivity index (χ2n) is 23.8. The fraction of sp³-hybridized carbons (Fsp3) is 0.373. The van der Waals surface area contributed by atoms with Crippen molar-refractivity contribution >= 4 is 46.8 Å². The van der Waals surface area contributed by atoms with E-state index in [1.54, 1.807) is 42.5 Å². The molecule has 0 fully saturated rings. The average Bonchev–Trinajstić information content (AvgIpc) is 3.45. The highest BCUT2D eigenvalue weighted by Gasteiger charge is 2.41. The fourth-order valence-corrected chi connectivity index (χ4v) is 11.7. The van der Waals surface area contributed by atoms with Crippen LogP contribution >= 0.6 is 11.8 Å². The van der Waals surface area contributed by atoms with E-state index in [1.165, 1.54) is 61.8 Å². The van der Waals surface area contributed by atoms with Crippen molar-refractivity contribution in [2.24, 2.45) is 0 Å². The lowest BCUT2D eigenvalue weighted by molar-refractivity contribution is 0.0686. The van der Waals surface area contributed by atoms with E-state index in [9.17, 15) is 19.8 Å². The summed E-state index contributed by atoms with van der Waals surface area (Å²) in [6, 6.07) is 39.0. The van der Waals surface area contributed by atoms with Crippen LogP contribution in [0.5, 0.6) is 0 Å². The Hall–Kier alpha value is -6.77. The van der Waals surface area contributed by atoms with Gasteiger partial charge < -0.3 is 35.5 Å². The molecule has 2 unspecified atom stereocenters.